The third-order valence-corrected chi connectivity index (χ3v) is 5.55. The number of carboxylic acid groups (broad SMARTS) is 1. The van der Waals surface area contributed by atoms with Crippen LogP contribution < -0.4 is 22.2 Å². The van der Waals surface area contributed by atoms with Crippen LogP contribution in [0.3, 0.4) is 0 Å². The Morgan fingerprint density at radius 1 is 1.32 bits per heavy atom. The van der Waals surface area contributed by atoms with Crippen molar-refractivity contribution >= 4 is 17.8 Å². The molecule has 1 heterocycles. The number of likely N-dealkylation sites (N-methyl/N-ethyl adjacent to an activating group) is 1. The minimum absolute atomic E-state index is 0.0501. The predicted molar refractivity (Wildman–Crippen MR) is 114 cm³/mol. The molecule has 2 amide bonds. The number of carboxylic acids is 1. The van der Waals surface area contributed by atoms with E-state index in [1.807, 2.05) is 10.8 Å². The van der Waals surface area contributed by atoms with Gasteiger partial charge in [0.2, 0.25) is 11.8 Å². The van der Waals surface area contributed by atoms with Gasteiger partial charge >= 0.3 is 5.97 Å². The minimum atomic E-state index is -1.05. The quantitative estimate of drug-likeness (QED) is 0.177. The summed E-state index contributed by atoms with van der Waals surface area (Å²) in [7, 11) is 1.47. The van der Waals surface area contributed by atoms with E-state index in [-0.39, 0.29) is 42.7 Å². The number of imidazole rings is 1. The van der Waals surface area contributed by atoms with E-state index in [9.17, 15) is 14.4 Å². The molecule has 4 atom stereocenters. The number of unbranched alkanes of at least 4 members (excludes halogenated alkanes) is 2. The zero-order valence-electron chi connectivity index (χ0n) is 18.1. The number of nitrogens with zero attached hydrogens (tertiary/aromatic N) is 3. The Hall–Kier alpha value is -2.50. The van der Waals surface area contributed by atoms with Gasteiger partial charge in [-0.2, -0.15) is 0 Å². The lowest BCUT2D eigenvalue weighted by Crippen LogP contribution is -2.50. The topological polar surface area (TPSA) is 169 Å². The molecule has 7 N–H and O–H groups in total. The molecule has 2 rings (SSSR count). The van der Waals surface area contributed by atoms with Crippen molar-refractivity contribution < 1.29 is 19.5 Å². The van der Waals surface area contributed by atoms with Crippen molar-refractivity contribution in [2.24, 2.45) is 23.3 Å². The van der Waals surface area contributed by atoms with Gasteiger partial charge in [0, 0.05) is 38.4 Å². The van der Waals surface area contributed by atoms with Gasteiger partial charge in [0.05, 0.1) is 12.4 Å². The summed E-state index contributed by atoms with van der Waals surface area (Å²) in [5.74, 6) is -1.27. The number of hydrogen-bond acceptors (Lipinski definition) is 7. The summed E-state index contributed by atoms with van der Waals surface area (Å²) in [5, 5.41) is 12.9. The van der Waals surface area contributed by atoms with Gasteiger partial charge in [0.1, 0.15) is 6.54 Å². The summed E-state index contributed by atoms with van der Waals surface area (Å²) >= 11 is 0. The molecule has 0 saturated heterocycles. The maximum Gasteiger partial charge on any atom is 0.319 e. The van der Waals surface area contributed by atoms with Gasteiger partial charge in [0.25, 0.3) is 0 Å². The smallest absolute Gasteiger partial charge is 0.319 e. The molecular formula is C20H35N7O4. The second kappa shape index (κ2) is 12.4. The largest absolute Gasteiger partial charge is 0.480 e. The Morgan fingerprint density at radius 3 is 2.71 bits per heavy atom. The number of nitrogens with two attached hydrogens (primary N) is 2. The van der Waals surface area contributed by atoms with Crippen LogP contribution >= 0.6 is 0 Å². The third-order valence-electron chi connectivity index (χ3n) is 5.55. The summed E-state index contributed by atoms with van der Waals surface area (Å²) < 4.78 is 2.01. The summed E-state index contributed by atoms with van der Waals surface area (Å²) in [4.78, 5) is 39.6. The van der Waals surface area contributed by atoms with E-state index in [4.69, 9.17) is 16.6 Å². The SMILES string of the molecule is CN(CC(=O)O)NC(=O)C[C@@H](NC(=O)[C@@H](N)CCCCCn1ccnc1)[C@H]1C[C@H]1CN. The fraction of sp³-hybridized carbons (Fsp3) is 0.700. The molecule has 0 spiro atoms. The van der Waals surface area contributed by atoms with Crippen LogP contribution in [0.5, 0.6) is 0 Å². The Labute approximate surface area is 182 Å². The Bertz CT molecular complexity index is 712. The van der Waals surface area contributed by atoms with E-state index in [1.165, 1.54) is 12.1 Å². The van der Waals surface area contributed by atoms with Gasteiger partial charge in [-0.05, 0) is 37.6 Å². The first kappa shape index (κ1) is 24.8. The fourth-order valence-corrected chi connectivity index (χ4v) is 3.72. The van der Waals surface area contributed by atoms with E-state index >= 15 is 0 Å². The van der Waals surface area contributed by atoms with E-state index < -0.39 is 12.0 Å². The van der Waals surface area contributed by atoms with Crippen molar-refractivity contribution in [3.63, 3.8) is 0 Å². The fourth-order valence-electron chi connectivity index (χ4n) is 3.72. The highest BCUT2D eigenvalue weighted by molar-refractivity contribution is 5.83. The van der Waals surface area contributed by atoms with Crippen LogP contribution in [0.25, 0.3) is 0 Å². The summed E-state index contributed by atoms with van der Waals surface area (Å²) in [6, 6.07) is -1.00. The highest BCUT2D eigenvalue weighted by atomic mass is 16.4. The minimum Gasteiger partial charge on any atom is -0.480 e. The van der Waals surface area contributed by atoms with Crippen LogP contribution in [-0.4, -0.2) is 69.7 Å². The van der Waals surface area contributed by atoms with Crippen molar-refractivity contribution in [1.29, 1.82) is 0 Å². The number of aryl methyl sites for hydroxylation is 1. The number of carbonyl (C=O) groups excluding carboxylic acids is 2. The van der Waals surface area contributed by atoms with Crippen molar-refractivity contribution in [2.75, 3.05) is 20.1 Å². The van der Waals surface area contributed by atoms with E-state index in [0.29, 0.717) is 13.0 Å². The lowest BCUT2D eigenvalue weighted by atomic mass is 10.0. The van der Waals surface area contributed by atoms with Gasteiger partial charge in [-0.15, -0.1) is 0 Å². The first-order valence-corrected chi connectivity index (χ1v) is 10.7. The number of aliphatic carboxylic acids is 1. The van der Waals surface area contributed by atoms with Crippen molar-refractivity contribution in [2.45, 2.75) is 57.2 Å². The highest BCUT2D eigenvalue weighted by Gasteiger charge is 2.43. The number of hydrogen-bond donors (Lipinski definition) is 5. The Kier molecular flexibility index (Phi) is 9.89. The molecule has 0 aliphatic heterocycles. The molecular weight excluding hydrogens is 402 g/mol. The average Bonchev–Trinajstić information content (AvgIpc) is 3.31. The number of hydrazine groups is 1. The van der Waals surface area contributed by atoms with Gasteiger partial charge in [-0.25, -0.2) is 9.99 Å². The van der Waals surface area contributed by atoms with Gasteiger partial charge in [0.15, 0.2) is 0 Å². The first-order valence-electron chi connectivity index (χ1n) is 10.7. The van der Waals surface area contributed by atoms with E-state index in [1.54, 1.807) is 12.5 Å². The van der Waals surface area contributed by atoms with Crippen molar-refractivity contribution in [1.82, 2.24) is 25.3 Å². The van der Waals surface area contributed by atoms with Crippen LogP contribution in [0.4, 0.5) is 0 Å². The lowest BCUT2D eigenvalue weighted by Gasteiger charge is -2.23. The summed E-state index contributed by atoms with van der Waals surface area (Å²) in [6.45, 7) is 1.07. The predicted octanol–water partition coefficient (Wildman–Crippen LogP) is -0.712. The molecule has 1 saturated carbocycles. The summed E-state index contributed by atoms with van der Waals surface area (Å²) in [5.41, 5.74) is 14.3. The second-order valence-corrected chi connectivity index (χ2v) is 8.26. The summed E-state index contributed by atoms with van der Waals surface area (Å²) in [6.07, 6.45) is 9.69. The zero-order chi connectivity index (χ0) is 22.8. The molecule has 0 bridgehead atoms. The maximum atomic E-state index is 12.6. The molecule has 1 aromatic heterocycles. The number of amides is 2. The number of rotatable bonds is 15. The standard InChI is InChI=1S/C20H35N7O4/c1-26(12-19(29)30)25-18(28)10-17(15-9-14(15)11-21)24-20(31)16(22)5-3-2-4-7-27-8-6-23-13-27/h6,8,13-17H,2-5,7,9-12,21-22H2,1H3,(H,24,31)(H,25,28)(H,29,30)/t14-,15-,16-,17+/m0/s1. The maximum absolute atomic E-state index is 12.6. The Balaban J connectivity index is 1.75. The number of carbonyl (C=O) groups is 3. The van der Waals surface area contributed by atoms with Crippen LogP contribution in [0.15, 0.2) is 18.7 Å². The normalized spacial score (nSPS) is 19.6. The molecule has 11 heteroatoms. The molecule has 0 radical (unpaired) electrons. The second-order valence-electron chi connectivity index (χ2n) is 8.26. The van der Waals surface area contributed by atoms with Gasteiger partial charge in [-0.1, -0.05) is 12.8 Å². The van der Waals surface area contributed by atoms with Gasteiger partial charge in [-0.3, -0.25) is 19.8 Å². The monoisotopic (exact) mass is 437 g/mol. The Morgan fingerprint density at radius 2 is 2.10 bits per heavy atom. The molecule has 1 aliphatic rings. The van der Waals surface area contributed by atoms with Crippen LogP contribution in [0.2, 0.25) is 0 Å². The highest BCUT2D eigenvalue weighted by Crippen LogP contribution is 2.41. The van der Waals surface area contributed by atoms with Crippen LogP contribution in [0, 0.1) is 11.8 Å². The molecule has 1 fully saturated rings. The first-order chi connectivity index (χ1) is 14.8. The van der Waals surface area contributed by atoms with Crippen LogP contribution in [0.1, 0.15) is 38.5 Å². The molecule has 31 heavy (non-hydrogen) atoms. The number of aromatic nitrogens is 2. The molecule has 11 nitrogen and oxygen atoms in total. The van der Waals surface area contributed by atoms with E-state index in [0.717, 1.165) is 32.2 Å². The third kappa shape index (κ3) is 9.03. The molecule has 1 aliphatic carbocycles. The molecule has 174 valence electrons. The van der Waals surface area contributed by atoms with Crippen molar-refractivity contribution in [3.05, 3.63) is 18.7 Å². The molecule has 0 unspecified atom stereocenters. The molecule has 1 aromatic rings. The van der Waals surface area contributed by atoms with Crippen LogP contribution in [-0.2, 0) is 20.9 Å². The molecule has 0 aromatic carbocycles. The van der Waals surface area contributed by atoms with Gasteiger partial charge < -0.3 is 26.5 Å². The van der Waals surface area contributed by atoms with E-state index in [2.05, 4.69) is 15.7 Å². The van der Waals surface area contributed by atoms with Crippen molar-refractivity contribution in [3.8, 4) is 0 Å². The average molecular weight is 438 g/mol. The lowest BCUT2D eigenvalue weighted by molar-refractivity contribution is -0.139. The number of nitrogens with one attached hydrogen (secondary N) is 2. The zero-order valence-corrected chi connectivity index (χ0v) is 18.1.